The molecule has 2 saturated heterocycles. The number of hydrogen-bond donors (Lipinski definition) is 1. The number of alkyl halides is 1. The minimum absolute atomic E-state index is 0.0693. The summed E-state index contributed by atoms with van der Waals surface area (Å²) in [5.74, 6) is -5.42. The van der Waals surface area contributed by atoms with E-state index in [9.17, 15) is 14.4 Å². The van der Waals surface area contributed by atoms with Crippen LogP contribution in [0.15, 0.2) is 34.6 Å². The third-order valence-electron chi connectivity index (χ3n) is 9.85. The maximum absolute atomic E-state index is 14.0. The fraction of sp³-hybridized carbons (Fsp3) is 0.606. The number of ether oxygens (including phenoxy) is 6. The van der Waals surface area contributed by atoms with Crippen LogP contribution in [-0.4, -0.2) is 101 Å². The Bertz CT molecular complexity index is 1540. The number of benzene rings is 1. The van der Waals surface area contributed by atoms with Crippen LogP contribution in [0.2, 0.25) is 0 Å². The number of carbonyl (C=O) groups excluding carboxylic acids is 3. The number of likely N-dealkylation sites (N-methyl/N-ethyl adjacent to an activating group) is 1. The van der Waals surface area contributed by atoms with E-state index in [-0.39, 0.29) is 43.7 Å². The third kappa shape index (κ3) is 4.48. The Labute approximate surface area is 273 Å². The summed E-state index contributed by atoms with van der Waals surface area (Å²) in [4.78, 5) is 41.5. The molecule has 4 atom stereocenters. The van der Waals surface area contributed by atoms with E-state index in [1.165, 1.54) is 13.8 Å². The number of methoxy groups -OCH3 is 1. The lowest BCUT2D eigenvalue weighted by Crippen LogP contribution is -2.70. The number of nitrogens with one attached hydrogen (secondary N) is 1. The molecule has 2 amide bonds. The molecule has 6 rings (SSSR count). The molecule has 0 aromatic heterocycles. The molecule has 5 aliphatic rings. The molecule has 12 nitrogen and oxygen atoms in total. The van der Waals surface area contributed by atoms with Crippen molar-refractivity contribution in [3.63, 3.8) is 0 Å². The van der Waals surface area contributed by atoms with E-state index in [2.05, 4.69) is 5.32 Å². The Balaban J connectivity index is 1.73. The molecule has 2 heterocycles. The monoisotopic (exact) mass is 659 g/mol. The zero-order valence-corrected chi connectivity index (χ0v) is 28.3. The van der Waals surface area contributed by atoms with Gasteiger partial charge in [0.2, 0.25) is 17.5 Å². The van der Waals surface area contributed by atoms with Gasteiger partial charge in [-0.3, -0.25) is 19.7 Å². The summed E-state index contributed by atoms with van der Waals surface area (Å²) in [6, 6.07) is 3.46. The fourth-order valence-electron chi connectivity index (χ4n) is 8.57. The molecule has 1 aromatic carbocycles. The van der Waals surface area contributed by atoms with Gasteiger partial charge in [-0.2, -0.15) is 0 Å². The smallest absolute Gasteiger partial charge is 0.307 e. The van der Waals surface area contributed by atoms with Crippen molar-refractivity contribution < 1.29 is 42.8 Å². The van der Waals surface area contributed by atoms with E-state index in [1.54, 1.807) is 7.11 Å². The molecule has 1 N–H and O–H groups in total. The summed E-state index contributed by atoms with van der Waals surface area (Å²) in [7, 11) is 9.36. The number of fused-ring (bicyclic) bond motifs is 6. The number of imide groups is 1. The second-order valence-electron chi connectivity index (χ2n) is 12.9. The summed E-state index contributed by atoms with van der Waals surface area (Å²) >= 11 is 8.03. The van der Waals surface area contributed by atoms with Crippen molar-refractivity contribution in [2.75, 3.05) is 66.6 Å². The van der Waals surface area contributed by atoms with Gasteiger partial charge in [-0.15, -0.1) is 11.6 Å². The fourth-order valence-corrected chi connectivity index (χ4v) is 9.13. The first-order valence-corrected chi connectivity index (χ1v) is 15.9. The summed E-state index contributed by atoms with van der Waals surface area (Å²) < 4.78 is 38.2. The molecular formula is C33H42ClN3O9. The number of nitrogens with zero attached hydrogens (tertiary/aromatic N) is 2. The summed E-state index contributed by atoms with van der Waals surface area (Å²) in [6.07, 6.45) is 1.03. The molecular weight excluding hydrogens is 618 g/mol. The molecule has 2 spiro atoms. The lowest BCUT2D eigenvalue weighted by Gasteiger charge is -2.59. The first-order chi connectivity index (χ1) is 21.7. The van der Waals surface area contributed by atoms with Gasteiger partial charge in [-0.25, -0.2) is 0 Å². The topological polar surface area (TPSA) is 125 Å². The standard InChI is InChI=1S/C33H42ClN3O9/c1-17-25(30(40)35-18(2)38)33(44-13-14-45-33)31(34)22(28(17)37(6)7)16-20-15-21-23(36(4)5)9-10-24(41-8)27(21)32(42-11-12-43-32)26(20)29(31)46-19(3)39/h9-10,20,22,28H,11-16H2,1-8H3,(H,35,38,40)/t20-,22-,28+,31-/m0/s1. The van der Waals surface area contributed by atoms with Crippen molar-refractivity contribution in [1.29, 1.82) is 0 Å². The quantitative estimate of drug-likeness (QED) is 0.371. The Morgan fingerprint density at radius 3 is 2.17 bits per heavy atom. The van der Waals surface area contributed by atoms with Gasteiger partial charge in [0.05, 0.1) is 44.7 Å². The van der Waals surface area contributed by atoms with Gasteiger partial charge >= 0.3 is 5.97 Å². The average molecular weight is 660 g/mol. The first-order valence-electron chi connectivity index (χ1n) is 15.5. The molecule has 2 aliphatic heterocycles. The van der Waals surface area contributed by atoms with Crippen LogP contribution in [0.5, 0.6) is 5.75 Å². The lowest BCUT2D eigenvalue weighted by atomic mass is 9.56. The van der Waals surface area contributed by atoms with Gasteiger partial charge in [0, 0.05) is 51.2 Å². The highest BCUT2D eigenvalue weighted by Crippen LogP contribution is 2.66. The molecule has 250 valence electrons. The molecule has 0 saturated carbocycles. The van der Waals surface area contributed by atoms with E-state index >= 15 is 0 Å². The number of amides is 2. The van der Waals surface area contributed by atoms with Crippen LogP contribution in [0.4, 0.5) is 5.69 Å². The van der Waals surface area contributed by atoms with Gasteiger partial charge < -0.3 is 38.2 Å². The Hall–Kier alpha value is -3.00. The van der Waals surface area contributed by atoms with Crippen LogP contribution in [-0.2, 0) is 50.3 Å². The zero-order valence-electron chi connectivity index (χ0n) is 27.6. The Kier molecular flexibility index (Phi) is 8.31. The van der Waals surface area contributed by atoms with Gasteiger partial charge in [0.1, 0.15) is 11.5 Å². The van der Waals surface area contributed by atoms with E-state index in [4.69, 9.17) is 40.0 Å². The summed E-state index contributed by atoms with van der Waals surface area (Å²) in [5, 5.41) is 2.40. The predicted octanol–water partition coefficient (Wildman–Crippen LogP) is 2.61. The van der Waals surface area contributed by atoms with Crippen molar-refractivity contribution in [2.24, 2.45) is 11.8 Å². The lowest BCUT2D eigenvalue weighted by molar-refractivity contribution is -0.195. The highest BCUT2D eigenvalue weighted by molar-refractivity contribution is 6.28. The normalized spacial score (nSPS) is 29.0. The molecule has 3 aliphatic carbocycles. The Morgan fingerprint density at radius 2 is 1.63 bits per heavy atom. The molecule has 13 heteroatoms. The number of rotatable bonds is 5. The highest BCUT2D eigenvalue weighted by atomic mass is 35.5. The molecule has 0 unspecified atom stereocenters. The van der Waals surface area contributed by atoms with Crippen molar-refractivity contribution in [2.45, 2.75) is 56.1 Å². The number of esters is 1. The maximum atomic E-state index is 14.0. The van der Waals surface area contributed by atoms with Gasteiger partial charge in [0.25, 0.3) is 5.91 Å². The first kappa shape index (κ1) is 32.9. The highest BCUT2D eigenvalue weighted by Gasteiger charge is 2.74. The number of hydrogen-bond acceptors (Lipinski definition) is 11. The predicted molar refractivity (Wildman–Crippen MR) is 167 cm³/mol. The molecule has 0 bridgehead atoms. The third-order valence-corrected chi connectivity index (χ3v) is 10.6. The van der Waals surface area contributed by atoms with Crippen LogP contribution < -0.4 is 15.0 Å². The van der Waals surface area contributed by atoms with Crippen molar-refractivity contribution in [3.8, 4) is 5.75 Å². The summed E-state index contributed by atoms with van der Waals surface area (Å²) in [5.41, 5.74) is 3.91. The zero-order chi connectivity index (χ0) is 33.3. The van der Waals surface area contributed by atoms with Crippen LogP contribution in [0.25, 0.3) is 0 Å². The van der Waals surface area contributed by atoms with Crippen LogP contribution in [0.3, 0.4) is 0 Å². The molecule has 0 radical (unpaired) electrons. The minimum atomic E-state index is -1.91. The second-order valence-corrected chi connectivity index (χ2v) is 13.5. The van der Waals surface area contributed by atoms with Gasteiger partial charge in [0.15, 0.2) is 4.87 Å². The number of carbonyl (C=O) groups is 3. The van der Waals surface area contributed by atoms with E-state index in [0.717, 1.165) is 11.3 Å². The molecule has 1 aromatic rings. The van der Waals surface area contributed by atoms with Crippen molar-refractivity contribution >= 4 is 35.1 Å². The van der Waals surface area contributed by atoms with Crippen LogP contribution >= 0.6 is 11.6 Å². The van der Waals surface area contributed by atoms with Crippen LogP contribution in [0, 0.1) is 11.8 Å². The molecule has 2 fully saturated rings. The second kappa shape index (κ2) is 11.6. The van der Waals surface area contributed by atoms with Crippen molar-refractivity contribution in [1.82, 2.24) is 10.2 Å². The molecule has 46 heavy (non-hydrogen) atoms. The maximum Gasteiger partial charge on any atom is 0.307 e. The Morgan fingerprint density at radius 1 is 1.00 bits per heavy atom. The van der Waals surface area contributed by atoms with Gasteiger partial charge in [-0.05, 0) is 63.0 Å². The largest absolute Gasteiger partial charge is 0.496 e. The number of halogens is 1. The van der Waals surface area contributed by atoms with E-state index < -0.39 is 46.2 Å². The van der Waals surface area contributed by atoms with E-state index in [1.807, 2.05) is 57.0 Å². The number of anilines is 1. The summed E-state index contributed by atoms with van der Waals surface area (Å²) in [6.45, 7) is 5.16. The minimum Gasteiger partial charge on any atom is -0.496 e. The van der Waals surface area contributed by atoms with Gasteiger partial charge in [-0.1, -0.05) is 0 Å². The SMILES string of the molecule is COc1ccc(N(C)C)c2c1C1(OCCO1)C1=C(OC(C)=O)[C@@]3(Cl)[C@@H](C[C@@H]1C2)[C@H](N(C)C)C(C)=C(C(=O)NC(C)=O)C31OCCO1. The average Bonchev–Trinajstić information content (AvgIpc) is 3.65. The van der Waals surface area contributed by atoms with Crippen molar-refractivity contribution in [3.05, 3.63) is 45.7 Å². The van der Waals surface area contributed by atoms with E-state index in [0.29, 0.717) is 35.3 Å². The van der Waals surface area contributed by atoms with Crippen LogP contribution in [0.1, 0.15) is 38.3 Å².